The van der Waals surface area contributed by atoms with Gasteiger partial charge in [0.1, 0.15) is 5.76 Å². The number of aromatic nitrogens is 4. The highest BCUT2D eigenvalue weighted by atomic mass is 16.5. The molecule has 108 valence electrons. The quantitative estimate of drug-likeness (QED) is 0.878. The van der Waals surface area contributed by atoms with E-state index in [1.165, 1.54) is 0 Å². The second kappa shape index (κ2) is 4.90. The van der Waals surface area contributed by atoms with Gasteiger partial charge in [-0.25, -0.2) is 0 Å². The molecule has 0 aromatic carbocycles. The van der Waals surface area contributed by atoms with Gasteiger partial charge < -0.3 is 15.2 Å². The van der Waals surface area contributed by atoms with Crippen molar-refractivity contribution in [2.45, 2.75) is 26.7 Å². The van der Waals surface area contributed by atoms with Crippen LogP contribution in [0.1, 0.15) is 25.5 Å². The minimum absolute atomic E-state index is 0.249. The Morgan fingerprint density at radius 3 is 2.80 bits per heavy atom. The monoisotopic (exact) mass is 276 g/mol. The van der Waals surface area contributed by atoms with E-state index in [0.29, 0.717) is 11.5 Å². The van der Waals surface area contributed by atoms with Crippen LogP contribution in [0.25, 0.3) is 11.5 Å². The van der Waals surface area contributed by atoms with Gasteiger partial charge in [0, 0.05) is 19.2 Å². The van der Waals surface area contributed by atoms with E-state index in [2.05, 4.69) is 32.2 Å². The molecule has 0 amide bonds. The van der Waals surface area contributed by atoms with E-state index in [-0.39, 0.29) is 5.41 Å². The SMILES string of the molecule is Cc1cc(-c2nc(N3CCC(C)(CN)CC3)n[nH]2)no1. The fourth-order valence-corrected chi connectivity index (χ4v) is 2.44. The van der Waals surface area contributed by atoms with Crippen molar-refractivity contribution in [2.24, 2.45) is 11.1 Å². The fourth-order valence-electron chi connectivity index (χ4n) is 2.44. The average molecular weight is 276 g/mol. The van der Waals surface area contributed by atoms with E-state index in [1.54, 1.807) is 0 Å². The largest absolute Gasteiger partial charge is 0.361 e. The number of aromatic amines is 1. The van der Waals surface area contributed by atoms with Gasteiger partial charge in [0.15, 0.2) is 11.5 Å². The lowest BCUT2D eigenvalue weighted by Crippen LogP contribution is -2.42. The summed E-state index contributed by atoms with van der Waals surface area (Å²) >= 11 is 0. The zero-order chi connectivity index (χ0) is 14.2. The highest BCUT2D eigenvalue weighted by Crippen LogP contribution is 2.31. The number of nitrogens with two attached hydrogens (primary N) is 1. The van der Waals surface area contributed by atoms with Gasteiger partial charge in [-0.15, -0.1) is 5.10 Å². The van der Waals surface area contributed by atoms with Crippen molar-refractivity contribution in [3.8, 4) is 11.5 Å². The molecule has 20 heavy (non-hydrogen) atoms. The number of anilines is 1. The number of rotatable bonds is 3. The van der Waals surface area contributed by atoms with Crippen molar-refractivity contribution in [1.29, 1.82) is 0 Å². The van der Waals surface area contributed by atoms with Gasteiger partial charge in [0.25, 0.3) is 0 Å². The summed E-state index contributed by atoms with van der Waals surface area (Å²) in [4.78, 5) is 6.68. The molecule has 0 radical (unpaired) electrons. The summed E-state index contributed by atoms with van der Waals surface area (Å²) < 4.78 is 5.05. The molecule has 3 N–H and O–H groups in total. The molecule has 0 aliphatic carbocycles. The van der Waals surface area contributed by atoms with E-state index in [4.69, 9.17) is 10.3 Å². The molecule has 1 aliphatic heterocycles. The Balaban J connectivity index is 1.72. The minimum atomic E-state index is 0.249. The van der Waals surface area contributed by atoms with Gasteiger partial charge in [-0.1, -0.05) is 12.1 Å². The van der Waals surface area contributed by atoms with Gasteiger partial charge in [0.05, 0.1) is 0 Å². The summed E-state index contributed by atoms with van der Waals surface area (Å²) in [6, 6.07) is 1.84. The maximum atomic E-state index is 5.83. The van der Waals surface area contributed by atoms with Crippen LogP contribution in [0.5, 0.6) is 0 Å². The van der Waals surface area contributed by atoms with Crippen LogP contribution < -0.4 is 10.6 Å². The summed E-state index contributed by atoms with van der Waals surface area (Å²) in [5.74, 6) is 2.12. The lowest BCUT2D eigenvalue weighted by Gasteiger charge is -2.38. The van der Waals surface area contributed by atoms with Gasteiger partial charge >= 0.3 is 0 Å². The lowest BCUT2D eigenvalue weighted by molar-refractivity contribution is 0.257. The number of piperidine rings is 1. The van der Waals surface area contributed by atoms with Gasteiger partial charge in [-0.3, -0.25) is 5.10 Å². The first-order valence-electron chi connectivity index (χ1n) is 6.91. The predicted octanol–water partition coefficient (Wildman–Crippen LogP) is 1.33. The Morgan fingerprint density at radius 2 is 2.20 bits per heavy atom. The second-order valence-electron chi connectivity index (χ2n) is 5.81. The standard InChI is InChI=1S/C13H20N6O/c1-9-7-10(18-20-9)11-15-12(17-16-11)19-5-3-13(2,8-14)4-6-19/h7H,3-6,8,14H2,1-2H3,(H,15,16,17). The zero-order valence-electron chi connectivity index (χ0n) is 11.9. The molecule has 7 heteroatoms. The van der Waals surface area contributed by atoms with Crippen LogP contribution in [0.3, 0.4) is 0 Å². The predicted molar refractivity (Wildman–Crippen MR) is 75.2 cm³/mol. The average Bonchev–Trinajstić information content (AvgIpc) is 3.08. The second-order valence-corrected chi connectivity index (χ2v) is 5.81. The smallest absolute Gasteiger partial charge is 0.245 e. The first-order valence-corrected chi connectivity index (χ1v) is 6.91. The summed E-state index contributed by atoms with van der Waals surface area (Å²) in [5, 5.41) is 11.1. The normalized spacial score (nSPS) is 18.4. The van der Waals surface area contributed by atoms with Crippen molar-refractivity contribution < 1.29 is 4.52 Å². The summed E-state index contributed by atoms with van der Waals surface area (Å²) in [6.45, 7) is 6.70. The summed E-state index contributed by atoms with van der Waals surface area (Å²) in [5.41, 5.74) is 6.76. The van der Waals surface area contributed by atoms with Gasteiger partial charge in [0.2, 0.25) is 5.95 Å². The molecule has 1 saturated heterocycles. The van der Waals surface area contributed by atoms with Crippen molar-refractivity contribution >= 4 is 5.95 Å². The van der Waals surface area contributed by atoms with Crippen molar-refractivity contribution in [2.75, 3.05) is 24.5 Å². The van der Waals surface area contributed by atoms with Crippen molar-refractivity contribution in [3.63, 3.8) is 0 Å². The Bertz CT molecular complexity index is 581. The summed E-state index contributed by atoms with van der Waals surface area (Å²) in [6.07, 6.45) is 2.13. The highest BCUT2D eigenvalue weighted by Gasteiger charge is 2.30. The molecule has 1 aliphatic rings. The molecule has 0 atom stereocenters. The Morgan fingerprint density at radius 1 is 1.45 bits per heavy atom. The molecule has 7 nitrogen and oxygen atoms in total. The van der Waals surface area contributed by atoms with Crippen LogP contribution in [0.15, 0.2) is 10.6 Å². The van der Waals surface area contributed by atoms with E-state index >= 15 is 0 Å². The third kappa shape index (κ3) is 2.40. The number of hydrogen-bond donors (Lipinski definition) is 2. The molecular formula is C13H20N6O. The molecule has 0 saturated carbocycles. The third-order valence-electron chi connectivity index (χ3n) is 4.09. The highest BCUT2D eigenvalue weighted by molar-refractivity contribution is 5.50. The van der Waals surface area contributed by atoms with Crippen LogP contribution in [-0.2, 0) is 0 Å². The third-order valence-corrected chi connectivity index (χ3v) is 4.09. The number of nitrogens with zero attached hydrogens (tertiary/aromatic N) is 4. The number of H-pyrrole nitrogens is 1. The Hall–Kier alpha value is -1.89. The number of aryl methyl sites for hydroxylation is 1. The van der Waals surface area contributed by atoms with Crippen LogP contribution in [0, 0.1) is 12.3 Å². The molecule has 3 rings (SSSR count). The van der Waals surface area contributed by atoms with Crippen LogP contribution in [-0.4, -0.2) is 40.0 Å². The maximum Gasteiger partial charge on any atom is 0.245 e. The molecule has 2 aromatic rings. The molecule has 3 heterocycles. The lowest BCUT2D eigenvalue weighted by atomic mass is 9.81. The molecule has 0 bridgehead atoms. The topological polar surface area (TPSA) is 96.9 Å². The van der Waals surface area contributed by atoms with E-state index < -0.39 is 0 Å². The van der Waals surface area contributed by atoms with Crippen LogP contribution in [0.2, 0.25) is 0 Å². The van der Waals surface area contributed by atoms with Crippen molar-refractivity contribution in [3.05, 3.63) is 11.8 Å². The van der Waals surface area contributed by atoms with E-state index in [0.717, 1.165) is 44.2 Å². The summed E-state index contributed by atoms with van der Waals surface area (Å²) in [7, 11) is 0. The number of hydrogen-bond acceptors (Lipinski definition) is 6. The van der Waals surface area contributed by atoms with E-state index in [9.17, 15) is 0 Å². The molecular weight excluding hydrogens is 256 g/mol. The zero-order valence-corrected chi connectivity index (χ0v) is 11.9. The Labute approximate surface area is 117 Å². The van der Waals surface area contributed by atoms with E-state index in [1.807, 2.05) is 13.0 Å². The fraction of sp³-hybridized carbons (Fsp3) is 0.615. The first-order chi connectivity index (χ1) is 9.59. The molecule has 0 unspecified atom stereocenters. The first kappa shape index (κ1) is 13.1. The van der Waals surface area contributed by atoms with Crippen LogP contribution in [0.4, 0.5) is 5.95 Å². The molecule has 0 spiro atoms. The number of nitrogens with one attached hydrogen (secondary N) is 1. The Kier molecular flexibility index (Phi) is 3.21. The minimum Gasteiger partial charge on any atom is -0.361 e. The maximum absolute atomic E-state index is 5.83. The van der Waals surface area contributed by atoms with Gasteiger partial charge in [-0.05, 0) is 31.7 Å². The van der Waals surface area contributed by atoms with Gasteiger partial charge in [-0.2, -0.15) is 4.98 Å². The molecule has 2 aromatic heterocycles. The van der Waals surface area contributed by atoms with Crippen molar-refractivity contribution in [1.82, 2.24) is 20.3 Å². The van der Waals surface area contributed by atoms with Crippen LogP contribution >= 0.6 is 0 Å². The molecule has 1 fully saturated rings.